The van der Waals surface area contributed by atoms with Crippen LogP contribution in [-0.4, -0.2) is 31.1 Å². The maximum Gasteiger partial charge on any atom is 0.222 e. The second-order valence-electron chi connectivity index (χ2n) is 6.61. The van der Waals surface area contributed by atoms with Gasteiger partial charge in [0.05, 0.1) is 6.54 Å². The SMILES string of the molecule is Cc1c(-c2ccc(F)cc2)[nH]c2ccc(CNC(=O)CCn3cnnn3)cc12. The lowest BCUT2D eigenvalue weighted by molar-refractivity contribution is -0.121. The molecule has 0 bridgehead atoms. The molecule has 4 rings (SSSR count). The van der Waals surface area contributed by atoms with E-state index in [4.69, 9.17) is 0 Å². The first-order valence-corrected chi connectivity index (χ1v) is 8.95. The normalized spacial score (nSPS) is 11.1. The molecular weight excluding hydrogens is 359 g/mol. The molecule has 0 aliphatic carbocycles. The Labute approximate surface area is 160 Å². The summed E-state index contributed by atoms with van der Waals surface area (Å²) in [5.41, 5.74) is 5.01. The number of carbonyl (C=O) groups is 1. The van der Waals surface area contributed by atoms with E-state index in [0.717, 1.165) is 33.3 Å². The van der Waals surface area contributed by atoms with Gasteiger partial charge in [0.1, 0.15) is 12.1 Å². The zero-order chi connectivity index (χ0) is 19.5. The quantitative estimate of drug-likeness (QED) is 0.540. The van der Waals surface area contributed by atoms with E-state index in [1.54, 1.807) is 12.1 Å². The van der Waals surface area contributed by atoms with Gasteiger partial charge in [-0.25, -0.2) is 9.07 Å². The average Bonchev–Trinajstić information content (AvgIpc) is 3.34. The standard InChI is InChI=1S/C20H19FN6O/c1-13-17-10-14(11-22-19(28)8-9-27-12-23-25-26-27)2-7-18(17)24-20(13)15-3-5-16(21)6-4-15/h2-7,10,12,24H,8-9,11H2,1H3,(H,22,28). The van der Waals surface area contributed by atoms with Crippen molar-refractivity contribution < 1.29 is 9.18 Å². The zero-order valence-corrected chi connectivity index (χ0v) is 15.3. The number of fused-ring (bicyclic) bond motifs is 1. The minimum absolute atomic E-state index is 0.0617. The Balaban J connectivity index is 1.46. The largest absolute Gasteiger partial charge is 0.354 e. The van der Waals surface area contributed by atoms with Gasteiger partial charge in [-0.15, -0.1) is 5.10 Å². The summed E-state index contributed by atoms with van der Waals surface area (Å²) in [4.78, 5) is 15.4. The smallest absolute Gasteiger partial charge is 0.222 e. The van der Waals surface area contributed by atoms with Crippen LogP contribution < -0.4 is 5.32 Å². The van der Waals surface area contributed by atoms with E-state index in [0.29, 0.717) is 19.5 Å². The van der Waals surface area contributed by atoms with E-state index >= 15 is 0 Å². The molecule has 7 nitrogen and oxygen atoms in total. The van der Waals surface area contributed by atoms with Crippen LogP contribution in [0.1, 0.15) is 17.5 Å². The number of hydrogen-bond acceptors (Lipinski definition) is 4. The summed E-state index contributed by atoms with van der Waals surface area (Å²) in [5.74, 6) is -0.316. The van der Waals surface area contributed by atoms with Crippen molar-refractivity contribution in [3.63, 3.8) is 0 Å². The summed E-state index contributed by atoms with van der Waals surface area (Å²) in [6, 6.07) is 12.5. The number of tetrazole rings is 1. The second kappa shape index (κ2) is 7.59. The van der Waals surface area contributed by atoms with Gasteiger partial charge in [0.25, 0.3) is 0 Å². The highest BCUT2D eigenvalue weighted by atomic mass is 19.1. The maximum absolute atomic E-state index is 13.2. The van der Waals surface area contributed by atoms with Gasteiger partial charge in [0.2, 0.25) is 5.91 Å². The monoisotopic (exact) mass is 378 g/mol. The van der Waals surface area contributed by atoms with Gasteiger partial charge in [0.15, 0.2) is 0 Å². The maximum atomic E-state index is 13.2. The van der Waals surface area contributed by atoms with Crippen LogP contribution in [0.5, 0.6) is 0 Å². The van der Waals surface area contributed by atoms with E-state index in [-0.39, 0.29) is 11.7 Å². The molecule has 2 aromatic heterocycles. The molecule has 0 saturated heterocycles. The number of aryl methyl sites for hydroxylation is 2. The van der Waals surface area contributed by atoms with Gasteiger partial charge in [-0.3, -0.25) is 4.79 Å². The summed E-state index contributed by atoms with van der Waals surface area (Å²) in [7, 11) is 0. The van der Waals surface area contributed by atoms with Crippen LogP contribution in [0.15, 0.2) is 48.8 Å². The summed E-state index contributed by atoms with van der Waals surface area (Å²) >= 11 is 0. The molecule has 0 radical (unpaired) electrons. The number of rotatable bonds is 6. The van der Waals surface area contributed by atoms with Crippen molar-refractivity contribution in [2.75, 3.05) is 0 Å². The molecule has 8 heteroatoms. The third-order valence-electron chi connectivity index (χ3n) is 4.70. The van der Waals surface area contributed by atoms with Crippen LogP contribution >= 0.6 is 0 Å². The zero-order valence-electron chi connectivity index (χ0n) is 15.3. The van der Waals surface area contributed by atoms with Crippen molar-refractivity contribution in [1.29, 1.82) is 0 Å². The van der Waals surface area contributed by atoms with E-state index in [1.165, 1.54) is 23.1 Å². The molecule has 0 fully saturated rings. The van der Waals surface area contributed by atoms with E-state index < -0.39 is 0 Å². The van der Waals surface area contributed by atoms with Crippen LogP contribution in [0.3, 0.4) is 0 Å². The molecule has 142 valence electrons. The number of carbonyl (C=O) groups excluding carboxylic acids is 1. The molecule has 0 spiro atoms. The summed E-state index contributed by atoms with van der Waals surface area (Å²) in [5, 5.41) is 14.8. The Hall–Kier alpha value is -3.55. The fourth-order valence-electron chi connectivity index (χ4n) is 3.18. The number of amides is 1. The predicted molar refractivity (Wildman–Crippen MR) is 103 cm³/mol. The number of nitrogens with one attached hydrogen (secondary N) is 2. The molecule has 4 aromatic rings. The van der Waals surface area contributed by atoms with Crippen molar-refractivity contribution in [3.8, 4) is 11.3 Å². The molecule has 0 unspecified atom stereocenters. The van der Waals surface area contributed by atoms with Gasteiger partial charge in [-0.05, 0) is 70.4 Å². The lowest BCUT2D eigenvalue weighted by Gasteiger charge is -2.06. The molecule has 0 atom stereocenters. The number of hydrogen-bond donors (Lipinski definition) is 2. The van der Waals surface area contributed by atoms with Crippen LogP contribution in [0.25, 0.3) is 22.2 Å². The fraction of sp³-hybridized carbons (Fsp3) is 0.200. The molecule has 2 N–H and O–H groups in total. The first-order chi connectivity index (χ1) is 13.6. The number of aromatic amines is 1. The number of halogens is 1. The van der Waals surface area contributed by atoms with Crippen molar-refractivity contribution in [1.82, 2.24) is 30.5 Å². The molecule has 2 heterocycles. The first-order valence-electron chi connectivity index (χ1n) is 8.95. The molecule has 0 aliphatic rings. The second-order valence-corrected chi connectivity index (χ2v) is 6.61. The molecule has 28 heavy (non-hydrogen) atoms. The van der Waals surface area contributed by atoms with Crippen LogP contribution in [0.4, 0.5) is 4.39 Å². The van der Waals surface area contributed by atoms with Gasteiger partial charge >= 0.3 is 0 Å². The number of benzene rings is 2. The highest BCUT2D eigenvalue weighted by Crippen LogP contribution is 2.30. The van der Waals surface area contributed by atoms with E-state index in [2.05, 4.69) is 31.9 Å². The average molecular weight is 378 g/mol. The third-order valence-corrected chi connectivity index (χ3v) is 4.70. The topological polar surface area (TPSA) is 88.5 Å². The molecule has 1 amide bonds. The number of nitrogens with zero attached hydrogens (tertiary/aromatic N) is 4. The summed E-state index contributed by atoms with van der Waals surface area (Å²) < 4.78 is 14.7. The lowest BCUT2D eigenvalue weighted by Crippen LogP contribution is -2.24. The van der Waals surface area contributed by atoms with Crippen molar-refractivity contribution >= 4 is 16.8 Å². The van der Waals surface area contributed by atoms with Gasteiger partial charge in [-0.2, -0.15) is 0 Å². The Morgan fingerprint density at radius 1 is 1.21 bits per heavy atom. The first kappa shape index (κ1) is 17.8. The van der Waals surface area contributed by atoms with Crippen molar-refractivity contribution in [2.24, 2.45) is 0 Å². The van der Waals surface area contributed by atoms with Gasteiger partial charge in [0, 0.05) is 29.6 Å². The Morgan fingerprint density at radius 2 is 2.04 bits per heavy atom. The molecular formula is C20H19FN6O. The molecule has 0 saturated carbocycles. The Kier molecular flexibility index (Phi) is 4.84. The van der Waals surface area contributed by atoms with Crippen LogP contribution in [0, 0.1) is 12.7 Å². The fourth-order valence-corrected chi connectivity index (χ4v) is 3.18. The molecule has 2 aromatic carbocycles. The highest BCUT2D eigenvalue weighted by molar-refractivity contribution is 5.91. The van der Waals surface area contributed by atoms with Gasteiger partial charge in [-0.1, -0.05) is 6.07 Å². The van der Waals surface area contributed by atoms with Gasteiger partial charge < -0.3 is 10.3 Å². The predicted octanol–water partition coefficient (Wildman–Crippen LogP) is 2.98. The number of aromatic nitrogens is 5. The van der Waals surface area contributed by atoms with E-state index in [9.17, 15) is 9.18 Å². The third kappa shape index (κ3) is 3.75. The summed E-state index contributed by atoms with van der Waals surface area (Å²) in [6.45, 7) is 2.92. The van der Waals surface area contributed by atoms with Crippen LogP contribution in [-0.2, 0) is 17.9 Å². The number of H-pyrrole nitrogens is 1. The minimum Gasteiger partial charge on any atom is -0.354 e. The Morgan fingerprint density at radius 3 is 2.79 bits per heavy atom. The van der Waals surface area contributed by atoms with E-state index in [1.807, 2.05) is 19.1 Å². The van der Waals surface area contributed by atoms with Crippen molar-refractivity contribution in [3.05, 3.63) is 65.7 Å². The summed E-state index contributed by atoms with van der Waals surface area (Å²) in [6.07, 6.45) is 1.79. The minimum atomic E-state index is -0.254. The highest BCUT2D eigenvalue weighted by Gasteiger charge is 2.11. The Bertz CT molecular complexity index is 1100. The lowest BCUT2D eigenvalue weighted by atomic mass is 10.0. The molecule has 0 aliphatic heterocycles. The van der Waals surface area contributed by atoms with Crippen LogP contribution in [0.2, 0.25) is 0 Å². The van der Waals surface area contributed by atoms with Crippen molar-refractivity contribution in [2.45, 2.75) is 26.4 Å².